The molecule has 1 amide bonds. The minimum absolute atomic E-state index is 0.0332. The van der Waals surface area contributed by atoms with E-state index in [4.69, 9.17) is 4.74 Å². The quantitative estimate of drug-likeness (QED) is 0.159. The first-order chi connectivity index (χ1) is 23.8. The molecule has 0 aliphatic carbocycles. The highest BCUT2D eigenvalue weighted by atomic mass is 32.2. The van der Waals surface area contributed by atoms with E-state index in [2.05, 4.69) is 47.6 Å². The van der Waals surface area contributed by atoms with Crippen molar-refractivity contribution in [1.29, 1.82) is 0 Å². The average Bonchev–Trinajstić information content (AvgIpc) is 3.12. The zero-order valence-electron chi connectivity index (χ0n) is 29.4. The van der Waals surface area contributed by atoms with E-state index >= 15 is 0 Å². The monoisotopic (exact) mass is 687 g/mol. The first kappa shape index (κ1) is 36.9. The number of rotatable bonds is 16. The number of carbonyl (C=O) groups excluding carboxylic acids is 2. The smallest absolute Gasteiger partial charge is 0.224 e. The van der Waals surface area contributed by atoms with Gasteiger partial charge in [0, 0.05) is 47.0 Å². The summed E-state index contributed by atoms with van der Waals surface area (Å²) in [6.45, 7) is 9.49. The van der Waals surface area contributed by atoms with Crippen LogP contribution >= 0.6 is 11.8 Å². The molecule has 3 aromatic carbocycles. The fraction of sp³-hybridized carbons (Fsp3) is 0.500. The highest BCUT2D eigenvalue weighted by Gasteiger charge is 2.39. The molecule has 5 rings (SSSR count). The molecule has 3 N–H and O–H groups in total. The molecule has 1 saturated heterocycles. The Bertz CT molecular complexity index is 1560. The molecule has 3 aromatic rings. The van der Waals surface area contributed by atoms with Crippen molar-refractivity contribution < 1.29 is 24.5 Å². The number of thioether (sulfide) groups is 1. The van der Waals surface area contributed by atoms with Gasteiger partial charge >= 0.3 is 0 Å². The van der Waals surface area contributed by atoms with Gasteiger partial charge in [-0.2, -0.15) is 0 Å². The van der Waals surface area contributed by atoms with E-state index in [9.17, 15) is 19.8 Å². The molecule has 9 heteroatoms. The van der Waals surface area contributed by atoms with Crippen molar-refractivity contribution in [2.75, 3.05) is 59.5 Å². The van der Waals surface area contributed by atoms with Crippen molar-refractivity contribution in [2.45, 2.75) is 69.1 Å². The third-order valence-corrected chi connectivity index (χ3v) is 11.6. The maximum Gasteiger partial charge on any atom is 0.224 e. The summed E-state index contributed by atoms with van der Waals surface area (Å²) in [5.41, 5.74) is 5.12. The largest absolute Gasteiger partial charge is 0.508 e. The predicted octanol–water partition coefficient (Wildman–Crippen LogP) is 5.94. The third-order valence-electron chi connectivity index (χ3n) is 10.4. The number of nitrogens with zero attached hydrogens (tertiary/aromatic N) is 2. The molecule has 0 bridgehead atoms. The number of piperidine rings is 1. The molecule has 1 atom stereocenters. The summed E-state index contributed by atoms with van der Waals surface area (Å²) in [5, 5.41) is 25.1. The third kappa shape index (κ3) is 9.06. The summed E-state index contributed by atoms with van der Waals surface area (Å²) in [6.07, 6.45) is 5.09. The number of ether oxygens (including phenoxy) is 1. The standard InChI is InChI=1S/C40H53N3O5S/c1-4-30-28-33-35(44)14-12-31(38(33)49-39(30)47)15-20-41-21-24-43(5-2)37(46)17-26-48-25-16-29-11-13-36(45)34(27-29)40(18-22-42(3)23-19-40)32-9-7-6-8-10-32/h6-14,27,30,41,44-45H,4-5,15-26,28H2,1-3H3. The molecular weight excluding hydrogens is 635 g/mol. The first-order valence-corrected chi connectivity index (χ1v) is 18.8. The summed E-state index contributed by atoms with van der Waals surface area (Å²) in [6, 6.07) is 20.2. The molecule has 0 radical (unpaired) electrons. The Balaban J connectivity index is 1.05. The van der Waals surface area contributed by atoms with E-state index in [0.29, 0.717) is 57.9 Å². The molecule has 0 spiro atoms. The Kier molecular flexibility index (Phi) is 13.2. The first-order valence-electron chi connectivity index (χ1n) is 17.9. The predicted molar refractivity (Wildman–Crippen MR) is 196 cm³/mol. The van der Waals surface area contributed by atoms with E-state index in [-0.39, 0.29) is 28.1 Å². The van der Waals surface area contributed by atoms with Gasteiger partial charge in [-0.15, -0.1) is 0 Å². The van der Waals surface area contributed by atoms with E-state index in [1.165, 1.54) is 17.3 Å². The number of benzene rings is 3. The van der Waals surface area contributed by atoms with Gasteiger partial charge < -0.3 is 30.1 Å². The second-order valence-corrected chi connectivity index (χ2v) is 14.5. The Morgan fingerprint density at radius 1 is 1.00 bits per heavy atom. The number of aromatic hydroxyl groups is 2. The van der Waals surface area contributed by atoms with Gasteiger partial charge in [0.05, 0.1) is 19.6 Å². The average molecular weight is 688 g/mol. The van der Waals surface area contributed by atoms with Crippen molar-refractivity contribution in [1.82, 2.24) is 15.1 Å². The van der Waals surface area contributed by atoms with E-state index in [0.717, 1.165) is 72.5 Å². The fourth-order valence-electron chi connectivity index (χ4n) is 7.24. The second-order valence-electron chi connectivity index (χ2n) is 13.5. The van der Waals surface area contributed by atoms with Gasteiger partial charge in [0.25, 0.3) is 0 Å². The molecule has 2 heterocycles. The molecular formula is C40H53N3O5S. The van der Waals surface area contributed by atoms with Crippen LogP contribution < -0.4 is 5.32 Å². The van der Waals surface area contributed by atoms with Gasteiger partial charge in [0.2, 0.25) is 5.91 Å². The van der Waals surface area contributed by atoms with Crippen LogP contribution in [0.5, 0.6) is 11.5 Å². The maximum absolute atomic E-state index is 12.9. The van der Waals surface area contributed by atoms with Crippen LogP contribution in [0.25, 0.3) is 0 Å². The second kappa shape index (κ2) is 17.5. The lowest BCUT2D eigenvalue weighted by molar-refractivity contribution is -0.132. The molecule has 8 nitrogen and oxygen atoms in total. The molecule has 49 heavy (non-hydrogen) atoms. The van der Waals surface area contributed by atoms with E-state index < -0.39 is 0 Å². The van der Waals surface area contributed by atoms with E-state index in [1.54, 1.807) is 6.07 Å². The van der Waals surface area contributed by atoms with Gasteiger partial charge in [0.15, 0.2) is 5.12 Å². The zero-order valence-corrected chi connectivity index (χ0v) is 30.2. The number of likely N-dealkylation sites (tertiary alicyclic amines) is 1. The topological polar surface area (TPSA) is 102 Å². The van der Waals surface area contributed by atoms with Crippen LogP contribution in [0.3, 0.4) is 0 Å². The van der Waals surface area contributed by atoms with Crippen LogP contribution in [0.2, 0.25) is 0 Å². The lowest BCUT2D eigenvalue weighted by Gasteiger charge is -2.42. The van der Waals surface area contributed by atoms with Crippen LogP contribution in [0.1, 0.15) is 67.3 Å². The zero-order chi connectivity index (χ0) is 34.8. The minimum atomic E-state index is -0.220. The maximum atomic E-state index is 12.9. The summed E-state index contributed by atoms with van der Waals surface area (Å²) >= 11 is 1.27. The molecule has 0 aromatic heterocycles. The van der Waals surface area contributed by atoms with Crippen molar-refractivity contribution >= 4 is 22.8 Å². The highest BCUT2D eigenvalue weighted by Crippen LogP contribution is 2.45. The number of nitrogens with one attached hydrogen (secondary N) is 1. The van der Waals surface area contributed by atoms with Gasteiger partial charge in [-0.1, -0.05) is 67.2 Å². The van der Waals surface area contributed by atoms with Gasteiger partial charge in [-0.05, 0) is 101 Å². The van der Waals surface area contributed by atoms with Gasteiger partial charge in [-0.25, -0.2) is 0 Å². The van der Waals surface area contributed by atoms with Gasteiger partial charge in [0.1, 0.15) is 11.5 Å². The van der Waals surface area contributed by atoms with Crippen molar-refractivity contribution in [3.8, 4) is 11.5 Å². The SMILES string of the molecule is CCC1Cc2c(O)ccc(CCNCCN(CC)C(=O)CCOCCc3ccc(O)c(C4(c5ccccc5)CCN(C)CC4)c3)c2SC1=O. The Morgan fingerprint density at radius 2 is 1.76 bits per heavy atom. The number of likely N-dealkylation sites (N-methyl/N-ethyl adjacent to an activating group) is 1. The normalized spacial score (nSPS) is 17.5. The summed E-state index contributed by atoms with van der Waals surface area (Å²) in [4.78, 5) is 30.6. The number of phenolic OH excluding ortho intramolecular Hbond substituents is 2. The molecule has 1 unspecified atom stereocenters. The Labute approximate surface area is 296 Å². The number of fused-ring (bicyclic) bond motifs is 1. The summed E-state index contributed by atoms with van der Waals surface area (Å²) in [7, 11) is 2.15. The van der Waals surface area contributed by atoms with Crippen LogP contribution in [0.4, 0.5) is 0 Å². The number of hydrogen-bond donors (Lipinski definition) is 3. The van der Waals surface area contributed by atoms with Crippen molar-refractivity contribution in [3.05, 3.63) is 88.5 Å². The van der Waals surface area contributed by atoms with Crippen LogP contribution in [0.15, 0.2) is 65.6 Å². The van der Waals surface area contributed by atoms with Crippen molar-refractivity contribution in [3.63, 3.8) is 0 Å². The molecule has 0 saturated carbocycles. The minimum Gasteiger partial charge on any atom is -0.508 e. The molecule has 1 fully saturated rings. The van der Waals surface area contributed by atoms with Crippen LogP contribution in [-0.2, 0) is 39.0 Å². The van der Waals surface area contributed by atoms with Gasteiger partial charge in [-0.3, -0.25) is 9.59 Å². The number of hydrogen-bond acceptors (Lipinski definition) is 8. The lowest BCUT2D eigenvalue weighted by Crippen LogP contribution is -2.41. The van der Waals surface area contributed by atoms with E-state index in [1.807, 2.05) is 43.0 Å². The van der Waals surface area contributed by atoms with Crippen LogP contribution in [-0.4, -0.2) is 90.6 Å². The summed E-state index contributed by atoms with van der Waals surface area (Å²) < 4.78 is 5.93. The highest BCUT2D eigenvalue weighted by molar-refractivity contribution is 8.13. The number of phenols is 2. The molecule has 264 valence electrons. The molecule has 2 aliphatic heterocycles. The fourth-order valence-corrected chi connectivity index (χ4v) is 8.47. The molecule has 2 aliphatic rings. The Hall–Kier alpha value is -3.37. The van der Waals surface area contributed by atoms with Crippen LogP contribution in [0, 0.1) is 5.92 Å². The number of carbonyl (C=O) groups is 2. The Morgan fingerprint density at radius 3 is 2.49 bits per heavy atom. The summed E-state index contributed by atoms with van der Waals surface area (Å²) in [5.74, 6) is 0.670. The number of amides is 1. The lowest BCUT2D eigenvalue weighted by atomic mass is 9.67. The van der Waals surface area contributed by atoms with Crippen molar-refractivity contribution in [2.24, 2.45) is 5.92 Å².